The van der Waals surface area contributed by atoms with Gasteiger partial charge in [-0.2, -0.15) is 0 Å². The molecule has 30 heavy (non-hydrogen) atoms. The first-order chi connectivity index (χ1) is 14.2. The van der Waals surface area contributed by atoms with Crippen LogP contribution < -0.4 is 20.8 Å². The van der Waals surface area contributed by atoms with E-state index in [1.165, 1.54) is 20.3 Å². The van der Waals surface area contributed by atoms with E-state index >= 15 is 0 Å². The molecular weight excluding hydrogens is 398 g/mol. The summed E-state index contributed by atoms with van der Waals surface area (Å²) in [5.41, 5.74) is 4.94. The number of carbonyl (C=O) groups excluding carboxylic acids is 1. The molecule has 1 aromatic heterocycles. The molecule has 2 N–H and O–H groups in total. The van der Waals surface area contributed by atoms with Gasteiger partial charge >= 0.3 is 11.8 Å². The molecule has 2 saturated heterocycles. The average molecular weight is 421 g/mol. The minimum atomic E-state index is -1.02. The maximum Gasteiger partial charge on any atom is 0.509 e. The first-order valence-corrected chi connectivity index (χ1v) is 9.31. The monoisotopic (exact) mass is 421 g/mol. The summed E-state index contributed by atoms with van der Waals surface area (Å²) in [5, 5.41) is 0.576. The van der Waals surface area contributed by atoms with Crippen LogP contribution in [0.3, 0.4) is 0 Å². The largest absolute Gasteiger partial charge is 0.509 e. The van der Waals surface area contributed by atoms with Crippen LogP contribution in [0.1, 0.15) is 19.4 Å². The number of hydrogen-bond donors (Lipinski definition) is 1. The van der Waals surface area contributed by atoms with Crippen LogP contribution in [0.25, 0.3) is 11.0 Å². The predicted molar refractivity (Wildman–Crippen MR) is 104 cm³/mol. The molecule has 2 aliphatic rings. The molecule has 1 aromatic carbocycles. The first-order valence-electron chi connectivity index (χ1n) is 9.31. The normalized spacial score (nSPS) is 27.3. The van der Waals surface area contributed by atoms with Crippen LogP contribution in [0.2, 0.25) is 0 Å². The molecule has 10 nitrogen and oxygen atoms in total. The summed E-state index contributed by atoms with van der Waals surface area (Å²) >= 11 is 0. The fourth-order valence-electron chi connectivity index (χ4n) is 3.98. The van der Waals surface area contributed by atoms with Crippen molar-refractivity contribution in [3.63, 3.8) is 0 Å². The van der Waals surface area contributed by atoms with Gasteiger partial charge in [0.15, 0.2) is 17.6 Å². The van der Waals surface area contributed by atoms with Crippen molar-refractivity contribution in [1.82, 2.24) is 0 Å². The lowest BCUT2D eigenvalue weighted by Crippen LogP contribution is -2.62. The summed E-state index contributed by atoms with van der Waals surface area (Å²) in [7, 11) is 2.98. The summed E-state index contributed by atoms with van der Waals surface area (Å²) in [6.07, 6.45) is -4.00. The van der Waals surface area contributed by atoms with Gasteiger partial charge in [-0.1, -0.05) is 0 Å². The molecule has 0 bridgehead atoms. The number of carbonyl (C=O) groups is 1. The van der Waals surface area contributed by atoms with Crippen LogP contribution in [0.5, 0.6) is 11.5 Å². The van der Waals surface area contributed by atoms with E-state index in [1.54, 1.807) is 26.8 Å². The third kappa shape index (κ3) is 3.12. The summed E-state index contributed by atoms with van der Waals surface area (Å²) in [4.78, 5) is 23.7. The highest BCUT2D eigenvalue weighted by Gasteiger charge is 2.59. The number of nitrogen functional groups attached to an aromatic ring is 1. The zero-order chi connectivity index (χ0) is 21.8. The minimum Gasteiger partial charge on any atom is -0.493 e. The number of hydrogen-bond acceptors (Lipinski definition) is 10. The van der Waals surface area contributed by atoms with E-state index in [4.69, 9.17) is 38.6 Å². The number of fused-ring (bicyclic) bond motifs is 2. The van der Waals surface area contributed by atoms with Gasteiger partial charge in [0.1, 0.15) is 17.4 Å². The van der Waals surface area contributed by atoms with Crippen LogP contribution in [-0.2, 0) is 18.9 Å². The van der Waals surface area contributed by atoms with Crippen LogP contribution >= 0.6 is 0 Å². The maximum absolute atomic E-state index is 11.9. The van der Waals surface area contributed by atoms with E-state index < -0.39 is 42.0 Å². The van der Waals surface area contributed by atoms with E-state index in [2.05, 4.69) is 0 Å². The van der Waals surface area contributed by atoms with Gasteiger partial charge < -0.3 is 38.6 Å². The quantitative estimate of drug-likeness (QED) is 0.579. The van der Waals surface area contributed by atoms with E-state index in [-0.39, 0.29) is 11.4 Å². The molecular formula is C20H23NO9. The van der Waals surface area contributed by atoms with Gasteiger partial charge in [-0.15, -0.1) is 0 Å². The van der Waals surface area contributed by atoms with Crippen molar-refractivity contribution in [1.29, 1.82) is 0 Å². The molecule has 0 saturated carbocycles. The van der Waals surface area contributed by atoms with E-state index in [9.17, 15) is 9.59 Å². The zero-order valence-electron chi connectivity index (χ0n) is 17.2. The summed E-state index contributed by atoms with van der Waals surface area (Å²) in [6.45, 7) is 5.30. The molecule has 2 aliphatic heterocycles. The number of anilines is 1. The van der Waals surface area contributed by atoms with Crippen molar-refractivity contribution < 1.29 is 37.6 Å². The Labute approximate surface area is 171 Å². The molecule has 162 valence electrons. The van der Waals surface area contributed by atoms with Crippen molar-refractivity contribution in [2.45, 2.75) is 51.0 Å². The van der Waals surface area contributed by atoms with Gasteiger partial charge in [0.05, 0.1) is 12.7 Å². The molecule has 3 heterocycles. The molecule has 10 heteroatoms. The van der Waals surface area contributed by atoms with Gasteiger partial charge in [-0.05, 0) is 32.9 Å². The standard InChI is InChI=1S/C20H23NO9/c1-8-12-9(6-10(21)17(22)26-12)7-11(24-4)13(8)27-18-15-14(28-19(23)29-15)16(25-5)20(2,3)30-18/h6-7,14-16,18H,21H2,1-5H3/t14-,15+,16+,18+/m0/s1. The Morgan fingerprint density at radius 2 is 1.80 bits per heavy atom. The van der Waals surface area contributed by atoms with Crippen LogP contribution in [-0.4, -0.2) is 50.6 Å². The molecule has 4 atom stereocenters. The summed E-state index contributed by atoms with van der Waals surface area (Å²) in [5.74, 6) is 0.640. The third-order valence-corrected chi connectivity index (χ3v) is 5.36. The van der Waals surface area contributed by atoms with E-state index in [0.717, 1.165) is 0 Å². The highest BCUT2D eigenvalue weighted by atomic mass is 16.8. The SMILES string of the molecule is COc1cc2cc(N)c(=O)oc2c(C)c1O[C@@H]1OC(C)(C)[C@H](OC)[C@H]2OC(=O)O[C@@H]12. The lowest BCUT2D eigenvalue weighted by atomic mass is 9.89. The Morgan fingerprint density at radius 3 is 2.47 bits per heavy atom. The Kier molecular flexibility index (Phi) is 4.78. The Balaban J connectivity index is 1.78. The summed E-state index contributed by atoms with van der Waals surface area (Å²) < 4.78 is 39.1. The Morgan fingerprint density at radius 1 is 1.10 bits per heavy atom. The number of ether oxygens (including phenoxy) is 6. The lowest BCUT2D eigenvalue weighted by molar-refractivity contribution is -0.283. The minimum absolute atomic E-state index is 0.0153. The Bertz CT molecular complexity index is 1060. The number of nitrogens with two attached hydrogens (primary N) is 1. The molecule has 0 aliphatic carbocycles. The van der Waals surface area contributed by atoms with Gasteiger partial charge in [0.2, 0.25) is 12.4 Å². The van der Waals surface area contributed by atoms with Gasteiger partial charge in [0.25, 0.3) is 0 Å². The second kappa shape index (κ2) is 7.06. The number of benzene rings is 1. The number of methoxy groups -OCH3 is 2. The Hall–Kier alpha value is -2.98. The first kappa shape index (κ1) is 20.3. The van der Waals surface area contributed by atoms with Crippen molar-refractivity contribution in [2.24, 2.45) is 0 Å². The highest BCUT2D eigenvalue weighted by molar-refractivity contribution is 5.86. The second-order valence-corrected chi connectivity index (χ2v) is 7.72. The molecule has 0 radical (unpaired) electrons. The average Bonchev–Trinajstić information content (AvgIpc) is 3.06. The van der Waals surface area contributed by atoms with Gasteiger partial charge in [0, 0.05) is 18.1 Å². The van der Waals surface area contributed by atoms with E-state index in [1.807, 2.05) is 0 Å². The molecule has 2 fully saturated rings. The van der Waals surface area contributed by atoms with Gasteiger partial charge in [-0.3, -0.25) is 0 Å². The molecule has 0 amide bonds. The van der Waals surface area contributed by atoms with Gasteiger partial charge in [-0.25, -0.2) is 9.59 Å². The molecule has 2 aromatic rings. The van der Waals surface area contributed by atoms with E-state index in [0.29, 0.717) is 22.3 Å². The summed E-state index contributed by atoms with van der Waals surface area (Å²) in [6, 6.07) is 3.14. The smallest absolute Gasteiger partial charge is 0.493 e. The van der Waals surface area contributed by atoms with Crippen molar-refractivity contribution in [3.8, 4) is 11.5 Å². The fourth-order valence-corrected chi connectivity index (χ4v) is 3.98. The maximum atomic E-state index is 11.9. The molecule has 0 spiro atoms. The topological polar surface area (TPSA) is 129 Å². The lowest BCUT2D eigenvalue weighted by Gasteiger charge is -2.45. The van der Waals surface area contributed by atoms with Crippen LogP contribution in [0.15, 0.2) is 21.3 Å². The second-order valence-electron chi connectivity index (χ2n) is 7.72. The number of rotatable bonds is 4. The van der Waals surface area contributed by atoms with Crippen LogP contribution in [0.4, 0.5) is 10.5 Å². The van der Waals surface area contributed by atoms with Crippen LogP contribution in [0, 0.1) is 6.92 Å². The van der Waals surface area contributed by atoms with Crippen molar-refractivity contribution in [3.05, 3.63) is 28.1 Å². The fraction of sp³-hybridized carbons (Fsp3) is 0.500. The molecule has 0 unspecified atom stereocenters. The highest BCUT2D eigenvalue weighted by Crippen LogP contribution is 2.42. The zero-order valence-corrected chi connectivity index (χ0v) is 17.2. The third-order valence-electron chi connectivity index (χ3n) is 5.36. The predicted octanol–water partition coefficient (Wildman–Crippen LogP) is 2.12. The van der Waals surface area contributed by atoms with Crippen molar-refractivity contribution in [2.75, 3.05) is 20.0 Å². The van der Waals surface area contributed by atoms with Crippen molar-refractivity contribution >= 4 is 22.8 Å². The molecule has 4 rings (SSSR count). The number of aryl methyl sites for hydroxylation is 1.